The van der Waals surface area contributed by atoms with Crippen molar-refractivity contribution >= 4 is 43.5 Å². The minimum absolute atomic E-state index is 0.943. The number of fused-ring (bicyclic) bond motifs is 1. The first-order valence-corrected chi connectivity index (χ1v) is 8.05. The van der Waals surface area contributed by atoms with E-state index in [2.05, 4.69) is 42.1 Å². The molecule has 4 nitrogen and oxygen atoms in total. The van der Waals surface area contributed by atoms with Crippen molar-refractivity contribution in [3.05, 3.63) is 12.0 Å². The largest absolute Gasteiger partial charge is 0.355 e. The number of nitrogens with zero attached hydrogens (tertiary/aromatic N) is 4. The Bertz CT molecular complexity index is 514. The maximum absolute atomic E-state index is 4.47. The fourth-order valence-corrected chi connectivity index (χ4v) is 3.09. The molecule has 6 heteroatoms. The van der Waals surface area contributed by atoms with Crippen LogP contribution in [0.2, 0.25) is 0 Å². The van der Waals surface area contributed by atoms with Gasteiger partial charge in [-0.1, -0.05) is 29.3 Å². The minimum Gasteiger partial charge on any atom is -0.355 e. The van der Waals surface area contributed by atoms with Crippen LogP contribution in [-0.2, 0) is 0 Å². The van der Waals surface area contributed by atoms with Crippen LogP contribution in [0.1, 0.15) is 25.5 Å². The Hall–Kier alpha value is -0.750. The molecule has 0 aliphatic carbocycles. The van der Waals surface area contributed by atoms with Gasteiger partial charge in [0.15, 0.2) is 0 Å². The number of unbranched alkanes of at least 4 members (excludes halogenated alkanes) is 1. The topological polar surface area (TPSA) is 41.9 Å². The summed E-state index contributed by atoms with van der Waals surface area (Å²) in [6, 6.07) is 0. The second-order valence-corrected chi connectivity index (χ2v) is 5.72. The average Bonchev–Trinajstić information content (AvgIpc) is 2.77. The summed E-state index contributed by atoms with van der Waals surface area (Å²) in [4.78, 5) is 12.1. The lowest BCUT2D eigenvalue weighted by Crippen LogP contribution is -2.27. The summed E-state index contributed by atoms with van der Waals surface area (Å²) in [6.45, 7) is 6.22. The molecule has 2 rings (SSSR count). The highest BCUT2D eigenvalue weighted by Crippen LogP contribution is 2.28. The zero-order valence-corrected chi connectivity index (χ0v) is 13.1. The standard InChI is InChI=1S/C12H17BrN4S/c1-3-4-6-17(7-5-13)11-10-9(2)16-18-12(10)15-8-14-11/h8H,3-7H2,1-2H3. The molecule has 0 atom stereocenters. The van der Waals surface area contributed by atoms with Gasteiger partial charge >= 0.3 is 0 Å². The summed E-state index contributed by atoms with van der Waals surface area (Å²) in [5.74, 6) is 1.03. The number of aromatic nitrogens is 3. The lowest BCUT2D eigenvalue weighted by molar-refractivity contribution is 0.729. The van der Waals surface area contributed by atoms with Crippen molar-refractivity contribution in [2.24, 2.45) is 0 Å². The Morgan fingerprint density at radius 3 is 2.89 bits per heavy atom. The number of halogens is 1. The monoisotopic (exact) mass is 328 g/mol. The Kier molecular flexibility index (Phi) is 4.88. The third kappa shape index (κ3) is 2.80. The van der Waals surface area contributed by atoms with Crippen molar-refractivity contribution in [1.82, 2.24) is 14.3 Å². The van der Waals surface area contributed by atoms with Gasteiger partial charge in [0.25, 0.3) is 0 Å². The highest BCUT2D eigenvalue weighted by Gasteiger charge is 2.15. The van der Waals surface area contributed by atoms with Gasteiger partial charge in [0.05, 0.1) is 11.1 Å². The highest BCUT2D eigenvalue weighted by atomic mass is 79.9. The number of hydrogen-bond acceptors (Lipinski definition) is 5. The van der Waals surface area contributed by atoms with Crippen LogP contribution in [-0.4, -0.2) is 32.8 Å². The molecular formula is C12H17BrN4S. The van der Waals surface area contributed by atoms with Crippen LogP contribution < -0.4 is 4.90 Å². The zero-order chi connectivity index (χ0) is 13.0. The van der Waals surface area contributed by atoms with E-state index in [0.717, 1.165) is 40.1 Å². The van der Waals surface area contributed by atoms with Crippen LogP contribution in [0.15, 0.2) is 6.33 Å². The van der Waals surface area contributed by atoms with Gasteiger partial charge in [0.2, 0.25) is 0 Å². The van der Waals surface area contributed by atoms with E-state index in [0.29, 0.717) is 0 Å². The third-order valence-electron chi connectivity index (χ3n) is 2.86. The molecule has 0 radical (unpaired) electrons. The summed E-state index contributed by atoms with van der Waals surface area (Å²) in [6.07, 6.45) is 4.01. The van der Waals surface area contributed by atoms with Crippen LogP contribution in [0.25, 0.3) is 10.2 Å². The van der Waals surface area contributed by atoms with Crippen LogP contribution in [0.3, 0.4) is 0 Å². The molecule has 0 N–H and O–H groups in total. The predicted octanol–water partition coefficient (Wildman–Crippen LogP) is 3.40. The predicted molar refractivity (Wildman–Crippen MR) is 80.9 cm³/mol. The summed E-state index contributed by atoms with van der Waals surface area (Å²) in [5.41, 5.74) is 1.03. The van der Waals surface area contributed by atoms with E-state index in [-0.39, 0.29) is 0 Å². The van der Waals surface area contributed by atoms with Crippen LogP contribution in [0.4, 0.5) is 5.82 Å². The molecule has 0 unspecified atom stereocenters. The molecule has 0 saturated carbocycles. The van der Waals surface area contributed by atoms with Crippen LogP contribution >= 0.6 is 27.5 Å². The van der Waals surface area contributed by atoms with E-state index >= 15 is 0 Å². The number of rotatable bonds is 6. The van der Waals surface area contributed by atoms with Gasteiger partial charge < -0.3 is 4.90 Å². The van der Waals surface area contributed by atoms with E-state index in [9.17, 15) is 0 Å². The van der Waals surface area contributed by atoms with Crippen LogP contribution in [0.5, 0.6) is 0 Å². The molecule has 0 fully saturated rings. The van der Waals surface area contributed by atoms with Crippen molar-refractivity contribution in [3.8, 4) is 0 Å². The number of hydrogen-bond donors (Lipinski definition) is 0. The molecule has 0 saturated heterocycles. The molecule has 2 heterocycles. The molecule has 0 spiro atoms. The summed E-state index contributed by atoms with van der Waals surface area (Å²) < 4.78 is 4.38. The summed E-state index contributed by atoms with van der Waals surface area (Å²) in [5, 5.41) is 2.05. The first kappa shape index (κ1) is 13.7. The molecule has 0 aliphatic heterocycles. The van der Waals surface area contributed by atoms with Crippen molar-refractivity contribution in [3.63, 3.8) is 0 Å². The van der Waals surface area contributed by atoms with E-state index in [1.54, 1.807) is 6.33 Å². The second-order valence-electron chi connectivity index (χ2n) is 4.17. The van der Waals surface area contributed by atoms with E-state index < -0.39 is 0 Å². The molecule has 98 valence electrons. The Balaban J connectivity index is 2.39. The Labute approximate surface area is 120 Å². The summed E-state index contributed by atoms with van der Waals surface area (Å²) in [7, 11) is 0. The number of anilines is 1. The molecule has 0 aliphatic rings. The van der Waals surface area contributed by atoms with Gasteiger partial charge in [-0.2, -0.15) is 4.37 Å². The molecule has 2 aromatic rings. The molecule has 18 heavy (non-hydrogen) atoms. The normalized spacial score (nSPS) is 11.1. The number of alkyl halides is 1. The van der Waals surface area contributed by atoms with Gasteiger partial charge in [-0.25, -0.2) is 9.97 Å². The summed E-state index contributed by atoms with van der Waals surface area (Å²) >= 11 is 4.96. The van der Waals surface area contributed by atoms with Crippen molar-refractivity contribution in [1.29, 1.82) is 0 Å². The lowest BCUT2D eigenvalue weighted by atomic mass is 10.2. The van der Waals surface area contributed by atoms with E-state index in [1.165, 1.54) is 24.4 Å². The van der Waals surface area contributed by atoms with Crippen molar-refractivity contribution in [2.75, 3.05) is 23.3 Å². The molecule has 0 bridgehead atoms. The van der Waals surface area contributed by atoms with E-state index in [4.69, 9.17) is 0 Å². The molecule has 0 amide bonds. The number of aryl methyl sites for hydroxylation is 1. The first-order valence-electron chi connectivity index (χ1n) is 6.15. The second kappa shape index (κ2) is 6.43. The van der Waals surface area contributed by atoms with Gasteiger partial charge in [0.1, 0.15) is 17.0 Å². The highest BCUT2D eigenvalue weighted by molar-refractivity contribution is 9.09. The molecular weight excluding hydrogens is 312 g/mol. The lowest BCUT2D eigenvalue weighted by Gasteiger charge is -2.23. The maximum atomic E-state index is 4.47. The fraction of sp³-hybridized carbons (Fsp3) is 0.583. The average molecular weight is 329 g/mol. The van der Waals surface area contributed by atoms with Crippen molar-refractivity contribution in [2.45, 2.75) is 26.7 Å². The Morgan fingerprint density at radius 2 is 2.17 bits per heavy atom. The fourth-order valence-electron chi connectivity index (χ4n) is 1.92. The Morgan fingerprint density at radius 1 is 1.33 bits per heavy atom. The van der Waals surface area contributed by atoms with Gasteiger partial charge in [-0.05, 0) is 24.9 Å². The maximum Gasteiger partial charge on any atom is 0.149 e. The van der Waals surface area contributed by atoms with Crippen LogP contribution in [0, 0.1) is 6.92 Å². The zero-order valence-electron chi connectivity index (χ0n) is 10.7. The SMILES string of the molecule is CCCCN(CCBr)c1ncnc2snc(C)c12. The minimum atomic E-state index is 0.943. The van der Waals surface area contributed by atoms with Crippen molar-refractivity contribution < 1.29 is 0 Å². The van der Waals surface area contributed by atoms with Gasteiger partial charge in [-0.3, -0.25) is 0 Å². The first-order chi connectivity index (χ1) is 8.77. The van der Waals surface area contributed by atoms with Gasteiger partial charge in [0, 0.05) is 18.4 Å². The van der Waals surface area contributed by atoms with Gasteiger partial charge in [-0.15, -0.1) is 0 Å². The smallest absolute Gasteiger partial charge is 0.149 e. The molecule has 2 aromatic heterocycles. The molecule has 0 aromatic carbocycles. The van der Waals surface area contributed by atoms with E-state index in [1.807, 2.05) is 6.92 Å². The third-order valence-corrected chi connectivity index (χ3v) is 4.06. The quantitative estimate of drug-likeness (QED) is 0.762.